The van der Waals surface area contributed by atoms with Crippen molar-refractivity contribution in [2.24, 2.45) is 0 Å². The summed E-state index contributed by atoms with van der Waals surface area (Å²) in [5.41, 5.74) is 3.82. The molecule has 7 atom stereocenters. The number of aliphatic hydroxyl groups is 3. The summed E-state index contributed by atoms with van der Waals surface area (Å²) in [6, 6.07) is 25.1. The van der Waals surface area contributed by atoms with Crippen molar-refractivity contribution in [1.82, 2.24) is 10.6 Å². The van der Waals surface area contributed by atoms with Gasteiger partial charge >= 0.3 is 0 Å². The minimum atomic E-state index is -1.99. The summed E-state index contributed by atoms with van der Waals surface area (Å²) in [6.45, 7) is -0.278. The molecule has 52 heavy (non-hydrogen) atoms. The number of methoxy groups -OCH3 is 1. The third kappa shape index (κ3) is 8.47. The van der Waals surface area contributed by atoms with Crippen molar-refractivity contribution in [2.75, 3.05) is 7.11 Å². The van der Waals surface area contributed by atoms with Gasteiger partial charge in [0.1, 0.15) is 18.0 Å². The Kier molecular flexibility index (Phi) is 12.2. The molecule has 6 rings (SSSR count). The fraction of sp³-hybridized carbons (Fsp3) is 0.308. The maximum atomic E-state index is 14.0. The Balaban J connectivity index is 1.27. The lowest BCUT2D eigenvalue weighted by Gasteiger charge is -2.32. The fourth-order valence-corrected chi connectivity index (χ4v) is 7.61. The summed E-state index contributed by atoms with van der Waals surface area (Å²) in [5, 5.41) is 40.0. The van der Waals surface area contributed by atoms with Gasteiger partial charge in [-0.1, -0.05) is 92.5 Å². The lowest BCUT2D eigenvalue weighted by molar-refractivity contribution is -0.171. The first kappa shape index (κ1) is 37.8. The Morgan fingerprint density at radius 2 is 1.33 bits per heavy atom. The van der Waals surface area contributed by atoms with Crippen LogP contribution in [0.3, 0.4) is 0 Å². The summed E-state index contributed by atoms with van der Waals surface area (Å²) in [5.74, 6) is -1.47. The van der Waals surface area contributed by atoms with Crippen molar-refractivity contribution in [2.45, 2.75) is 68.7 Å². The molecule has 0 unspecified atom stereocenters. The van der Waals surface area contributed by atoms with Crippen molar-refractivity contribution in [3.63, 3.8) is 0 Å². The number of Topliss-reactive ketones (excluding diaryl/α,β-unsaturated/α-hetero) is 1. The second kappa shape index (κ2) is 16.8. The zero-order valence-electron chi connectivity index (χ0n) is 28.1. The minimum absolute atomic E-state index is 0.0512. The van der Waals surface area contributed by atoms with Gasteiger partial charge in [0.2, 0.25) is 0 Å². The van der Waals surface area contributed by atoms with E-state index in [4.69, 9.17) is 14.2 Å². The molecule has 13 heteroatoms. The van der Waals surface area contributed by atoms with E-state index in [2.05, 4.69) is 42.5 Å². The Labute approximate surface area is 317 Å². The van der Waals surface area contributed by atoms with Gasteiger partial charge in [-0.05, 0) is 58.1 Å². The molecule has 11 nitrogen and oxygen atoms in total. The highest BCUT2D eigenvalue weighted by Gasteiger charge is 2.44. The summed E-state index contributed by atoms with van der Waals surface area (Å²) >= 11 is 6.84. The molecule has 0 fully saturated rings. The molecule has 0 spiro atoms. The van der Waals surface area contributed by atoms with Crippen LogP contribution in [0.4, 0.5) is 0 Å². The zero-order valence-corrected chi connectivity index (χ0v) is 31.2. The normalized spacial score (nSPS) is 20.0. The fourth-order valence-electron chi connectivity index (χ4n) is 6.71. The first-order chi connectivity index (χ1) is 25.0. The smallest absolute Gasteiger partial charge is 0.252 e. The Morgan fingerprint density at radius 3 is 1.92 bits per heavy atom. The van der Waals surface area contributed by atoms with Crippen LogP contribution in [0.15, 0.2) is 99.9 Å². The van der Waals surface area contributed by atoms with Gasteiger partial charge < -0.3 is 40.2 Å². The quantitative estimate of drug-likeness (QED) is 0.122. The number of fused-ring (bicyclic) bond motifs is 2. The number of amides is 2. The lowest BCUT2D eigenvalue weighted by Crippen LogP contribution is -2.56. The summed E-state index contributed by atoms with van der Waals surface area (Å²) in [6.07, 6.45) is -8.08. The molecule has 0 radical (unpaired) electrons. The molecule has 0 saturated carbocycles. The molecular weight excluding hydrogens is 800 g/mol. The molecule has 2 aliphatic rings. The van der Waals surface area contributed by atoms with Crippen molar-refractivity contribution >= 4 is 49.5 Å². The molecule has 2 amide bonds. The van der Waals surface area contributed by atoms with E-state index < -0.39 is 54.4 Å². The Morgan fingerprint density at radius 1 is 0.769 bits per heavy atom. The number of hydrogen-bond donors (Lipinski definition) is 5. The van der Waals surface area contributed by atoms with E-state index in [1.807, 2.05) is 24.3 Å². The number of hydrogen-bond acceptors (Lipinski definition) is 9. The summed E-state index contributed by atoms with van der Waals surface area (Å²) in [4.78, 5) is 41.0. The van der Waals surface area contributed by atoms with Crippen molar-refractivity contribution < 1.29 is 43.9 Å². The maximum absolute atomic E-state index is 14.0. The number of carbonyl (C=O) groups is 3. The molecule has 0 saturated heterocycles. The van der Waals surface area contributed by atoms with Crippen LogP contribution in [0.5, 0.6) is 5.75 Å². The van der Waals surface area contributed by atoms with Gasteiger partial charge in [0, 0.05) is 21.8 Å². The Bertz CT molecular complexity index is 1940. The number of aliphatic hydroxyl groups excluding tert-OH is 3. The van der Waals surface area contributed by atoms with Gasteiger partial charge in [0.05, 0.1) is 44.1 Å². The summed E-state index contributed by atoms with van der Waals surface area (Å²) in [7, 11) is 1.45. The van der Waals surface area contributed by atoms with Gasteiger partial charge in [-0.3, -0.25) is 14.4 Å². The van der Waals surface area contributed by atoms with E-state index in [1.54, 1.807) is 66.7 Å². The van der Waals surface area contributed by atoms with Crippen molar-refractivity contribution in [3.05, 3.63) is 133 Å². The highest BCUT2D eigenvalue weighted by atomic mass is 79.9. The largest absolute Gasteiger partial charge is 0.496 e. The number of halogens is 2. The maximum Gasteiger partial charge on any atom is 0.252 e. The highest BCUT2D eigenvalue weighted by Crippen LogP contribution is 2.37. The van der Waals surface area contributed by atoms with Crippen LogP contribution < -0.4 is 15.4 Å². The van der Waals surface area contributed by atoms with E-state index in [1.165, 1.54) is 7.11 Å². The second-order valence-electron chi connectivity index (χ2n) is 12.8. The number of rotatable bonds is 14. The molecule has 0 bridgehead atoms. The van der Waals surface area contributed by atoms with E-state index in [-0.39, 0.29) is 25.4 Å². The zero-order chi connectivity index (χ0) is 36.9. The molecule has 0 aromatic heterocycles. The van der Waals surface area contributed by atoms with Crippen LogP contribution in [-0.4, -0.2) is 70.5 Å². The minimum Gasteiger partial charge on any atom is -0.496 e. The number of ketones is 1. The van der Waals surface area contributed by atoms with Gasteiger partial charge in [0.25, 0.3) is 11.8 Å². The van der Waals surface area contributed by atoms with Gasteiger partial charge in [-0.15, -0.1) is 0 Å². The predicted molar refractivity (Wildman–Crippen MR) is 197 cm³/mol. The van der Waals surface area contributed by atoms with Crippen LogP contribution in [0.25, 0.3) is 0 Å². The number of ether oxygens (including phenoxy) is 3. The standard InChI is InChI=1S/C39H38Br2N2O9/c1-50-31-14-6-13-27-28(18-29(44)32(27)31)42-38(48)36(51-19-21-7-4-10-24(40)15-21)34(46)35(47)37(52-20-22-8-5-11-25(41)16-22)39(49)43-33-26-12-3-2-9-23(26)17-30(33)45/h2-16,28,30,33-37,45-47H,17-20H2,1H3,(H,42,48)(H,43,49)/t28-,30+,33-,34+,35+,36+,37+/m0/s1. The van der Waals surface area contributed by atoms with Gasteiger partial charge in [0.15, 0.2) is 18.0 Å². The van der Waals surface area contributed by atoms with Crippen molar-refractivity contribution in [1.29, 1.82) is 0 Å². The highest BCUT2D eigenvalue weighted by molar-refractivity contribution is 9.10. The van der Waals surface area contributed by atoms with E-state index in [9.17, 15) is 29.7 Å². The van der Waals surface area contributed by atoms with Crippen LogP contribution in [0.1, 0.15) is 56.7 Å². The van der Waals surface area contributed by atoms with Gasteiger partial charge in [-0.25, -0.2) is 0 Å². The third-order valence-corrected chi connectivity index (χ3v) is 10.3. The second-order valence-corrected chi connectivity index (χ2v) is 14.6. The first-order valence-corrected chi connectivity index (χ1v) is 18.3. The number of carbonyl (C=O) groups excluding carboxylic acids is 3. The Hall–Kier alpha value is -3.95. The van der Waals surface area contributed by atoms with Gasteiger partial charge in [-0.2, -0.15) is 0 Å². The first-order valence-electron chi connectivity index (χ1n) is 16.7. The third-order valence-electron chi connectivity index (χ3n) is 9.26. The van der Waals surface area contributed by atoms with E-state index in [0.29, 0.717) is 34.4 Å². The van der Waals surface area contributed by atoms with E-state index >= 15 is 0 Å². The number of nitrogens with one attached hydrogen (secondary N) is 2. The van der Waals surface area contributed by atoms with Crippen LogP contribution in [0, 0.1) is 0 Å². The van der Waals surface area contributed by atoms with Crippen molar-refractivity contribution in [3.8, 4) is 5.75 Å². The molecule has 5 N–H and O–H groups in total. The SMILES string of the molecule is COc1cccc2c1C(=O)C[C@@H]2NC(=O)[C@H](OCc1cccc(Br)c1)[C@H](O)[C@@H](O)[C@@H](OCc1cccc(Br)c1)C(=O)N[C@H]1c2ccccc2C[C@H]1O. The molecule has 4 aromatic rings. The molecule has 272 valence electrons. The number of benzene rings is 4. The van der Waals surface area contributed by atoms with E-state index in [0.717, 1.165) is 20.1 Å². The molecular formula is C39H38Br2N2O9. The van der Waals surface area contributed by atoms with Crippen LogP contribution >= 0.6 is 31.9 Å². The molecule has 0 aliphatic heterocycles. The molecule has 2 aliphatic carbocycles. The monoisotopic (exact) mass is 836 g/mol. The predicted octanol–water partition coefficient (Wildman–Crippen LogP) is 4.63. The average Bonchev–Trinajstić information content (AvgIpc) is 3.62. The van der Waals surface area contributed by atoms with Crippen LogP contribution in [-0.2, 0) is 38.7 Å². The lowest BCUT2D eigenvalue weighted by atomic mass is 9.99. The summed E-state index contributed by atoms with van der Waals surface area (Å²) < 4.78 is 18.9. The molecule has 4 aromatic carbocycles. The topological polar surface area (TPSA) is 164 Å². The average molecular weight is 839 g/mol. The molecule has 0 heterocycles. The van der Waals surface area contributed by atoms with Crippen LogP contribution in [0.2, 0.25) is 0 Å².